The number of ether oxygens (including phenoxy) is 2. The van der Waals surface area contributed by atoms with Gasteiger partial charge in [0.05, 0.1) is 23.4 Å². The van der Waals surface area contributed by atoms with Gasteiger partial charge in [0, 0.05) is 12.5 Å². The Morgan fingerprint density at radius 3 is 2.62 bits per heavy atom. The Bertz CT molecular complexity index is 1750. The van der Waals surface area contributed by atoms with Gasteiger partial charge in [0.1, 0.15) is 11.5 Å². The average molecular weight is 509 g/mol. The molecule has 0 saturated carbocycles. The SMILES string of the molecule is COc1cccc([C@@H]2C3=C(N=c4s/c(=C/c5ccc(OC(C)=O)cc5)c(=O)n42)c2ccccc2CC3)c1. The summed E-state index contributed by atoms with van der Waals surface area (Å²) in [7, 11) is 1.65. The molecule has 0 fully saturated rings. The van der Waals surface area contributed by atoms with Crippen LogP contribution in [0.25, 0.3) is 11.8 Å². The summed E-state index contributed by atoms with van der Waals surface area (Å²) in [4.78, 5) is 30.8. The lowest BCUT2D eigenvalue weighted by Crippen LogP contribution is -2.38. The Balaban J connectivity index is 1.54. The van der Waals surface area contributed by atoms with E-state index in [9.17, 15) is 9.59 Å². The molecule has 1 aliphatic carbocycles. The molecule has 0 saturated heterocycles. The molecule has 184 valence electrons. The van der Waals surface area contributed by atoms with Gasteiger partial charge in [0.2, 0.25) is 0 Å². The maximum absolute atomic E-state index is 13.8. The van der Waals surface area contributed by atoms with Crippen LogP contribution in [0.1, 0.15) is 41.6 Å². The summed E-state index contributed by atoms with van der Waals surface area (Å²) in [5.74, 6) is 0.850. The number of allylic oxidation sites excluding steroid dienone is 1. The first-order chi connectivity index (χ1) is 18.0. The number of hydrogen-bond acceptors (Lipinski definition) is 6. The highest BCUT2D eigenvalue weighted by atomic mass is 32.1. The molecular weight excluding hydrogens is 484 g/mol. The summed E-state index contributed by atoms with van der Waals surface area (Å²) in [6.45, 7) is 1.37. The van der Waals surface area contributed by atoms with E-state index in [1.807, 2.05) is 47.0 Å². The van der Waals surface area contributed by atoms with Crippen LogP contribution < -0.4 is 24.4 Å². The van der Waals surface area contributed by atoms with Gasteiger partial charge in [-0.15, -0.1) is 0 Å². The lowest BCUT2D eigenvalue weighted by molar-refractivity contribution is -0.131. The van der Waals surface area contributed by atoms with E-state index >= 15 is 0 Å². The van der Waals surface area contributed by atoms with E-state index in [4.69, 9.17) is 14.5 Å². The second-order valence-corrected chi connectivity index (χ2v) is 10.1. The highest BCUT2D eigenvalue weighted by molar-refractivity contribution is 7.07. The van der Waals surface area contributed by atoms with Crippen molar-refractivity contribution in [3.63, 3.8) is 0 Å². The van der Waals surface area contributed by atoms with Crippen molar-refractivity contribution in [1.82, 2.24) is 4.57 Å². The molecule has 1 aromatic heterocycles. The van der Waals surface area contributed by atoms with Crippen LogP contribution in [0.2, 0.25) is 0 Å². The number of thiazole rings is 1. The van der Waals surface area contributed by atoms with Crippen molar-refractivity contribution in [3.05, 3.63) is 120 Å². The summed E-state index contributed by atoms with van der Waals surface area (Å²) in [6.07, 6.45) is 3.60. The average Bonchev–Trinajstić information content (AvgIpc) is 3.22. The lowest BCUT2D eigenvalue weighted by Gasteiger charge is -2.31. The molecule has 6 nitrogen and oxygen atoms in total. The van der Waals surface area contributed by atoms with Crippen molar-refractivity contribution >= 4 is 29.1 Å². The third kappa shape index (κ3) is 4.21. The molecule has 0 radical (unpaired) electrons. The quantitative estimate of drug-likeness (QED) is 0.305. The van der Waals surface area contributed by atoms with E-state index in [0.29, 0.717) is 15.1 Å². The van der Waals surface area contributed by atoms with Gasteiger partial charge in [-0.2, -0.15) is 0 Å². The molecular formula is C30H24N2O4S. The van der Waals surface area contributed by atoms with Crippen LogP contribution >= 0.6 is 11.3 Å². The van der Waals surface area contributed by atoms with Crippen molar-refractivity contribution in [3.8, 4) is 11.5 Å². The summed E-state index contributed by atoms with van der Waals surface area (Å²) >= 11 is 1.39. The number of carbonyl (C=O) groups is 1. The minimum Gasteiger partial charge on any atom is -0.497 e. The fourth-order valence-corrected chi connectivity index (χ4v) is 6.08. The Morgan fingerprint density at radius 1 is 1.03 bits per heavy atom. The highest BCUT2D eigenvalue weighted by Gasteiger charge is 2.32. The second-order valence-electron chi connectivity index (χ2n) is 9.05. The van der Waals surface area contributed by atoms with Crippen LogP contribution in [0.4, 0.5) is 0 Å². The van der Waals surface area contributed by atoms with Crippen LogP contribution in [0.5, 0.6) is 11.5 Å². The van der Waals surface area contributed by atoms with Gasteiger partial charge in [-0.3, -0.25) is 14.2 Å². The maximum atomic E-state index is 13.8. The number of hydrogen-bond donors (Lipinski definition) is 0. The molecule has 0 amide bonds. The third-order valence-corrected chi connectivity index (χ3v) is 7.70. The lowest BCUT2D eigenvalue weighted by atomic mass is 9.83. The van der Waals surface area contributed by atoms with Crippen LogP contribution in [-0.2, 0) is 11.2 Å². The number of methoxy groups -OCH3 is 1. The minimum atomic E-state index is -0.371. The van der Waals surface area contributed by atoms with Gasteiger partial charge < -0.3 is 9.47 Å². The number of benzene rings is 3. The zero-order valence-electron chi connectivity index (χ0n) is 20.4. The smallest absolute Gasteiger partial charge is 0.308 e. The first-order valence-corrected chi connectivity index (χ1v) is 12.9. The molecule has 4 aromatic rings. The van der Waals surface area contributed by atoms with E-state index in [2.05, 4.69) is 24.3 Å². The van der Waals surface area contributed by atoms with Crippen LogP contribution in [0, 0.1) is 0 Å². The third-order valence-electron chi connectivity index (χ3n) is 6.72. The van der Waals surface area contributed by atoms with Gasteiger partial charge in [-0.05, 0) is 65.4 Å². The van der Waals surface area contributed by atoms with Crippen molar-refractivity contribution in [2.45, 2.75) is 25.8 Å². The zero-order chi connectivity index (χ0) is 25.5. The molecule has 6 rings (SSSR count). The van der Waals surface area contributed by atoms with E-state index in [1.54, 1.807) is 19.2 Å². The molecule has 1 aliphatic heterocycles. The summed E-state index contributed by atoms with van der Waals surface area (Å²) in [5.41, 5.74) is 6.29. The molecule has 1 atom stereocenters. The number of fused-ring (bicyclic) bond motifs is 3. The van der Waals surface area contributed by atoms with Gasteiger partial charge in [0.25, 0.3) is 5.56 Å². The van der Waals surface area contributed by atoms with Gasteiger partial charge in [0.15, 0.2) is 4.80 Å². The number of nitrogens with zero attached hydrogens (tertiary/aromatic N) is 2. The van der Waals surface area contributed by atoms with E-state index in [-0.39, 0.29) is 17.6 Å². The molecule has 37 heavy (non-hydrogen) atoms. The van der Waals surface area contributed by atoms with E-state index < -0.39 is 0 Å². The minimum absolute atomic E-state index is 0.0777. The highest BCUT2D eigenvalue weighted by Crippen LogP contribution is 2.41. The molecule has 2 aliphatic rings. The predicted molar refractivity (Wildman–Crippen MR) is 143 cm³/mol. The number of esters is 1. The zero-order valence-corrected chi connectivity index (χ0v) is 21.2. The van der Waals surface area contributed by atoms with Crippen LogP contribution in [0.15, 0.2) is 88.2 Å². The Kier molecular flexibility index (Phi) is 5.85. The molecule has 0 unspecified atom stereocenters. The molecule has 2 heterocycles. The van der Waals surface area contributed by atoms with Crippen LogP contribution in [-0.4, -0.2) is 17.6 Å². The first-order valence-electron chi connectivity index (χ1n) is 12.1. The summed E-state index contributed by atoms with van der Waals surface area (Å²) < 4.78 is 13.1. The normalized spacial score (nSPS) is 16.4. The van der Waals surface area contributed by atoms with E-state index in [0.717, 1.165) is 46.6 Å². The Labute approximate surface area is 217 Å². The fraction of sp³-hybridized carbons (Fsp3) is 0.167. The largest absolute Gasteiger partial charge is 0.497 e. The molecule has 7 heteroatoms. The van der Waals surface area contributed by atoms with Crippen molar-refractivity contribution in [2.24, 2.45) is 4.99 Å². The molecule has 0 bridgehead atoms. The second kappa shape index (κ2) is 9.33. The monoisotopic (exact) mass is 508 g/mol. The van der Waals surface area contributed by atoms with Crippen molar-refractivity contribution < 1.29 is 14.3 Å². The van der Waals surface area contributed by atoms with Gasteiger partial charge >= 0.3 is 5.97 Å². The van der Waals surface area contributed by atoms with Crippen molar-refractivity contribution in [1.29, 1.82) is 0 Å². The molecule has 3 aromatic carbocycles. The molecule has 0 N–H and O–H groups in total. The summed E-state index contributed by atoms with van der Waals surface area (Å²) in [5, 5.41) is 0. The fourth-order valence-electron chi connectivity index (χ4n) is 5.08. The Hall–Kier alpha value is -4.23. The van der Waals surface area contributed by atoms with Gasteiger partial charge in [-0.25, -0.2) is 4.99 Å². The number of aryl methyl sites for hydroxylation is 1. The van der Waals surface area contributed by atoms with Crippen LogP contribution in [0.3, 0.4) is 0 Å². The van der Waals surface area contributed by atoms with Crippen molar-refractivity contribution in [2.75, 3.05) is 7.11 Å². The summed E-state index contributed by atoms with van der Waals surface area (Å²) in [6, 6.07) is 23.2. The number of carbonyl (C=O) groups excluding carboxylic acids is 1. The topological polar surface area (TPSA) is 69.9 Å². The number of aromatic nitrogens is 1. The first kappa shape index (κ1) is 23.2. The number of rotatable bonds is 4. The molecule has 0 spiro atoms. The Morgan fingerprint density at radius 2 is 1.84 bits per heavy atom. The van der Waals surface area contributed by atoms with E-state index in [1.165, 1.54) is 23.8 Å². The standard InChI is InChI=1S/C30H24N2O4S/c1-18(33)36-22-13-10-19(11-14-22)16-26-29(34)32-28(21-7-5-8-23(17-21)35-2)25-15-12-20-6-3-4-9-24(20)27(25)31-30(32)37-26/h3-11,13-14,16-17,28H,12,15H2,1-2H3/b26-16+/t28-/m1/s1. The maximum Gasteiger partial charge on any atom is 0.308 e. The predicted octanol–water partition coefficient (Wildman–Crippen LogP) is 4.25. The van der Waals surface area contributed by atoms with Gasteiger partial charge in [-0.1, -0.05) is 59.9 Å².